The van der Waals surface area contributed by atoms with Crippen LogP contribution in [0.4, 0.5) is 0 Å². The standard InChI is InChI=1S/C24H28BrN5O3S/c1-6-30-22(16-7-9-17(10-8-16)24(2,3)4)28-29-23(30)34-14-20(31)27-26-13-15-11-18(25)21(32)19(12-15)33-5/h7-13,32H,6,14H2,1-5H3,(H,27,31)/b26-13-. The summed E-state index contributed by atoms with van der Waals surface area (Å²) in [6, 6.07) is 11.6. The van der Waals surface area contributed by atoms with Crippen LogP contribution in [0.25, 0.3) is 11.4 Å². The van der Waals surface area contributed by atoms with E-state index in [1.54, 1.807) is 12.1 Å². The molecule has 0 atom stereocenters. The van der Waals surface area contributed by atoms with Gasteiger partial charge in [-0.25, -0.2) is 5.43 Å². The van der Waals surface area contributed by atoms with Crippen LogP contribution in [0, 0.1) is 0 Å². The van der Waals surface area contributed by atoms with Gasteiger partial charge in [-0.3, -0.25) is 4.79 Å². The summed E-state index contributed by atoms with van der Waals surface area (Å²) in [5.41, 5.74) is 5.48. The average Bonchev–Trinajstić information content (AvgIpc) is 3.22. The molecule has 0 radical (unpaired) electrons. The third-order valence-electron chi connectivity index (χ3n) is 5.05. The van der Waals surface area contributed by atoms with Crippen molar-refractivity contribution in [2.24, 2.45) is 5.10 Å². The molecule has 0 spiro atoms. The van der Waals surface area contributed by atoms with Crippen LogP contribution in [0.5, 0.6) is 11.5 Å². The highest BCUT2D eigenvalue weighted by molar-refractivity contribution is 9.10. The van der Waals surface area contributed by atoms with Gasteiger partial charge in [0.15, 0.2) is 22.5 Å². The molecule has 8 nitrogen and oxygen atoms in total. The van der Waals surface area contributed by atoms with Crippen molar-refractivity contribution in [2.75, 3.05) is 12.9 Å². The summed E-state index contributed by atoms with van der Waals surface area (Å²) >= 11 is 4.56. The maximum atomic E-state index is 12.3. The minimum atomic E-state index is -0.271. The van der Waals surface area contributed by atoms with Gasteiger partial charge in [-0.1, -0.05) is 56.8 Å². The number of aromatic nitrogens is 3. The number of benzene rings is 2. The molecule has 3 aromatic rings. The molecule has 3 rings (SSSR count). The Morgan fingerprint density at radius 3 is 2.59 bits per heavy atom. The topological polar surface area (TPSA) is 102 Å². The van der Waals surface area contributed by atoms with Gasteiger partial charge in [0.05, 0.1) is 23.5 Å². The van der Waals surface area contributed by atoms with Crippen molar-refractivity contribution in [1.29, 1.82) is 0 Å². The maximum absolute atomic E-state index is 12.3. The number of carbonyl (C=O) groups is 1. The second-order valence-electron chi connectivity index (χ2n) is 8.51. The smallest absolute Gasteiger partial charge is 0.250 e. The van der Waals surface area contributed by atoms with E-state index in [0.29, 0.717) is 27.5 Å². The molecule has 0 saturated carbocycles. The van der Waals surface area contributed by atoms with Crippen molar-refractivity contribution in [3.8, 4) is 22.9 Å². The summed E-state index contributed by atoms with van der Waals surface area (Å²) in [6.45, 7) is 9.25. The fraction of sp³-hybridized carbons (Fsp3) is 0.333. The number of rotatable bonds is 8. The number of aromatic hydroxyl groups is 1. The highest BCUT2D eigenvalue weighted by Gasteiger charge is 2.17. The summed E-state index contributed by atoms with van der Waals surface area (Å²) in [4.78, 5) is 12.3. The number of phenols is 1. The molecule has 2 N–H and O–H groups in total. The molecule has 0 aliphatic carbocycles. The van der Waals surface area contributed by atoms with Gasteiger partial charge >= 0.3 is 0 Å². The third kappa shape index (κ3) is 6.18. The molecular weight excluding hydrogens is 518 g/mol. The van der Waals surface area contributed by atoms with Gasteiger partial charge in [0.25, 0.3) is 5.91 Å². The van der Waals surface area contributed by atoms with Gasteiger partial charge in [0.2, 0.25) is 0 Å². The highest BCUT2D eigenvalue weighted by atomic mass is 79.9. The van der Waals surface area contributed by atoms with Crippen LogP contribution in [0.3, 0.4) is 0 Å². The number of hydrogen-bond acceptors (Lipinski definition) is 7. The molecule has 10 heteroatoms. The maximum Gasteiger partial charge on any atom is 0.250 e. The zero-order valence-corrected chi connectivity index (χ0v) is 22.2. The number of phenolic OH excluding ortho intramolecular Hbond substituents is 1. The third-order valence-corrected chi connectivity index (χ3v) is 6.62. The highest BCUT2D eigenvalue weighted by Crippen LogP contribution is 2.34. The lowest BCUT2D eigenvalue weighted by atomic mass is 9.87. The van der Waals surface area contributed by atoms with Crippen LogP contribution < -0.4 is 10.2 Å². The average molecular weight is 546 g/mol. The first kappa shape index (κ1) is 25.8. The van der Waals surface area contributed by atoms with E-state index in [4.69, 9.17) is 4.74 Å². The lowest BCUT2D eigenvalue weighted by Crippen LogP contribution is -2.20. The van der Waals surface area contributed by atoms with E-state index in [1.165, 1.54) is 30.6 Å². The van der Waals surface area contributed by atoms with Crippen LogP contribution >= 0.6 is 27.7 Å². The lowest BCUT2D eigenvalue weighted by molar-refractivity contribution is -0.118. The second kappa shape index (κ2) is 11.1. The van der Waals surface area contributed by atoms with Crippen molar-refractivity contribution in [3.63, 3.8) is 0 Å². The van der Waals surface area contributed by atoms with Crippen LogP contribution in [-0.4, -0.2) is 44.9 Å². The van der Waals surface area contributed by atoms with E-state index in [9.17, 15) is 9.90 Å². The molecule has 1 heterocycles. The number of hydrazone groups is 1. The summed E-state index contributed by atoms with van der Waals surface area (Å²) in [5, 5.41) is 23.2. The van der Waals surface area contributed by atoms with Crippen LogP contribution in [-0.2, 0) is 16.8 Å². The first-order valence-corrected chi connectivity index (χ1v) is 12.5. The molecule has 0 saturated heterocycles. The Labute approximate surface area is 211 Å². The van der Waals surface area contributed by atoms with E-state index >= 15 is 0 Å². The first-order chi connectivity index (χ1) is 16.1. The fourth-order valence-electron chi connectivity index (χ4n) is 3.18. The van der Waals surface area contributed by atoms with Gasteiger partial charge in [0, 0.05) is 12.1 Å². The Hall–Kier alpha value is -2.85. The predicted octanol–water partition coefficient (Wildman–Crippen LogP) is 4.98. The zero-order chi connectivity index (χ0) is 24.9. The minimum Gasteiger partial charge on any atom is -0.503 e. The van der Waals surface area contributed by atoms with E-state index in [0.717, 1.165) is 11.4 Å². The molecule has 180 valence electrons. The normalized spacial score (nSPS) is 11.7. The number of amides is 1. The minimum absolute atomic E-state index is 0.00429. The lowest BCUT2D eigenvalue weighted by Gasteiger charge is -2.19. The summed E-state index contributed by atoms with van der Waals surface area (Å²) in [6.07, 6.45) is 1.48. The van der Waals surface area contributed by atoms with Gasteiger partial charge in [-0.15, -0.1) is 10.2 Å². The van der Waals surface area contributed by atoms with Crippen molar-refractivity contribution in [1.82, 2.24) is 20.2 Å². The van der Waals surface area contributed by atoms with Crippen LogP contribution in [0.2, 0.25) is 0 Å². The molecule has 2 aromatic carbocycles. The second-order valence-corrected chi connectivity index (χ2v) is 10.3. The molecule has 0 aliphatic rings. The van der Waals surface area contributed by atoms with Gasteiger partial charge in [-0.2, -0.15) is 5.10 Å². The molecule has 0 fully saturated rings. The summed E-state index contributed by atoms with van der Waals surface area (Å²) in [5.74, 6) is 0.953. The molecule has 0 aliphatic heterocycles. The van der Waals surface area contributed by atoms with E-state index in [2.05, 4.69) is 81.7 Å². The fourth-order valence-corrected chi connectivity index (χ4v) is 4.43. The SMILES string of the molecule is CCn1c(SCC(=O)N/N=C\c2cc(Br)c(O)c(OC)c2)nnc1-c1ccc(C(C)(C)C)cc1. The first-order valence-electron chi connectivity index (χ1n) is 10.7. The van der Waals surface area contributed by atoms with E-state index < -0.39 is 0 Å². The molecule has 34 heavy (non-hydrogen) atoms. The van der Waals surface area contributed by atoms with Crippen molar-refractivity contribution in [3.05, 3.63) is 52.0 Å². The van der Waals surface area contributed by atoms with Gasteiger partial charge in [-0.05, 0) is 51.5 Å². The summed E-state index contributed by atoms with van der Waals surface area (Å²) in [7, 11) is 1.46. The predicted molar refractivity (Wildman–Crippen MR) is 139 cm³/mol. The van der Waals surface area contributed by atoms with Crippen LogP contribution in [0.15, 0.2) is 51.1 Å². The van der Waals surface area contributed by atoms with Crippen molar-refractivity contribution < 1.29 is 14.6 Å². The van der Waals surface area contributed by atoms with E-state index in [-0.39, 0.29) is 22.8 Å². The number of hydrogen-bond donors (Lipinski definition) is 2. The number of thioether (sulfide) groups is 1. The molecule has 1 aromatic heterocycles. The Morgan fingerprint density at radius 1 is 1.26 bits per heavy atom. The van der Waals surface area contributed by atoms with Crippen molar-refractivity contribution in [2.45, 2.75) is 44.8 Å². The quantitative estimate of drug-likeness (QED) is 0.235. The van der Waals surface area contributed by atoms with E-state index in [1.807, 2.05) is 11.5 Å². The number of halogens is 1. The van der Waals surface area contributed by atoms with Gasteiger partial charge in [0.1, 0.15) is 0 Å². The van der Waals surface area contributed by atoms with Gasteiger partial charge < -0.3 is 14.4 Å². The summed E-state index contributed by atoms with van der Waals surface area (Å²) < 4.78 is 7.57. The van der Waals surface area contributed by atoms with Crippen LogP contribution in [0.1, 0.15) is 38.8 Å². The molecule has 0 bridgehead atoms. The Bertz CT molecular complexity index is 1190. The molecule has 0 unspecified atom stereocenters. The number of methoxy groups -OCH3 is 1. The number of nitrogens with zero attached hydrogens (tertiary/aromatic N) is 4. The number of carbonyl (C=O) groups excluding carboxylic acids is 1. The Morgan fingerprint density at radius 2 is 1.97 bits per heavy atom. The zero-order valence-electron chi connectivity index (χ0n) is 19.8. The molecule has 1 amide bonds. The molecular formula is C24H28BrN5O3S. The van der Waals surface area contributed by atoms with Crippen molar-refractivity contribution >= 4 is 39.8 Å². The Balaban J connectivity index is 1.62. The largest absolute Gasteiger partial charge is 0.503 e. The Kier molecular flexibility index (Phi) is 8.37. The number of ether oxygens (including phenoxy) is 1. The number of nitrogens with one attached hydrogen (secondary N) is 1. The monoisotopic (exact) mass is 545 g/mol.